The Morgan fingerprint density at radius 2 is 1.69 bits per heavy atom. The van der Waals surface area contributed by atoms with E-state index in [2.05, 4.69) is 10.1 Å². The number of imide groups is 1. The van der Waals surface area contributed by atoms with Gasteiger partial charge >= 0.3 is 6.61 Å². The quantitative estimate of drug-likeness (QED) is 0.622. The summed E-state index contributed by atoms with van der Waals surface area (Å²) in [6.45, 7) is -2.88. The maximum atomic E-state index is 12.3. The van der Waals surface area contributed by atoms with Crippen molar-refractivity contribution in [1.82, 2.24) is 4.90 Å². The van der Waals surface area contributed by atoms with Crippen LogP contribution in [0.5, 0.6) is 5.75 Å². The smallest absolute Gasteiger partial charge is 0.387 e. The van der Waals surface area contributed by atoms with Gasteiger partial charge in [-0.05, 0) is 37.1 Å². The van der Waals surface area contributed by atoms with Crippen LogP contribution in [0.2, 0.25) is 0 Å². The molecular formula is C18H18F2N2O4. The highest BCUT2D eigenvalue weighted by Crippen LogP contribution is 2.35. The molecule has 0 radical (unpaired) electrons. The third kappa shape index (κ3) is 3.89. The fourth-order valence-electron chi connectivity index (χ4n) is 3.25. The largest absolute Gasteiger partial charge is 0.435 e. The van der Waals surface area contributed by atoms with Gasteiger partial charge in [0, 0.05) is 18.7 Å². The van der Waals surface area contributed by atoms with Crippen LogP contribution in [0.15, 0.2) is 36.4 Å². The molecule has 0 bridgehead atoms. The zero-order chi connectivity index (χ0) is 18.7. The molecule has 3 rings (SSSR count). The average Bonchev–Trinajstić information content (AvgIpc) is 2.86. The van der Waals surface area contributed by atoms with Crippen molar-refractivity contribution in [2.45, 2.75) is 25.9 Å². The highest BCUT2D eigenvalue weighted by molar-refractivity contribution is 6.05. The van der Waals surface area contributed by atoms with Gasteiger partial charge in [0.15, 0.2) is 0 Å². The van der Waals surface area contributed by atoms with Gasteiger partial charge in [0.1, 0.15) is 5.75 Å². The number of rotatable bonds is 6. The molecule has 138 valence electrons. The third-order valence-corrected chi connectivity index (χ3v) is 4.52. The van der Waals surface area contributed by atoms with E-state index in [0.29, 0.717) is 18.5 Å². The molecule has 1 fully saturated rings. The molecule has 26 heavy (non-hydrogen) atoms. The van der Waals surface area contributed by atoms with Crippen LogP contribution >= 0.6 is 0 Å². The normalized spacial score (nSPS) is 21.9. The minimum absolute atomic E-state index is 0.0116. The molecule has 0 saturated carbocycles. The first-order valence-corrected chi connectivity index (χ1v) is 8.30. The Balaban J connectivity index is 1.51. The molecule has 2 aliphatic rings. The molecule has 1 N–H and O–H groups in total. The molecule has 1 aromatic rings. The second-order valence-corrected chi connectivity index (χ2v) is 6.18. The van der Waals surface area contributed by atoms with Gasteiger partial charge in [0.05, 0.1) is 11.8 Å². The molecule has 6 nitrogen and oxygen atoms in total. The number of ether oxygens (including phenoxy) is 1. The van der Waals surface area contributed by atoms with Crippen LogP contribution < -0.4 is 10.1 Å². The summed E-state index contributed by atoms with van der Waals surface area (Å²) in [6, 6.07) is 5.49. The predicted octanol–water partition coefficient (Wildman–Crippen LogP) is 2.57. The molecule has 0 spiro atoms. The number of anilines is 1. The van der Waals surface area contributed by atoms with Crippen molar-refractivity contribution in [2.24, 2.45) is 11.8 Å². The number of likely N-dealkylation sites (tertiary alicyclic amines) is 1. The lowest BCUT2D eigenvalue weighted by molar-refractivity contribution is -0.140. The van der Waals surface area contributed by atoms with Gasteiger partial charge in [0.2, 0.25) is 17.7 Å². The summed E-state index contributed by atoms with van der Waals surface area (Å²) in [4.78, 5) is 37.8. The predicted molar refractivity (Wildman–Crippen MR) is 88.4 cm³/mol. The minimum Gasteiger partial charge on any atom is -0.435 e. The Morgan fingerprint density at radius 1 is 1.12 bits per heavy atom. The molecule has 0 aromatic heterocycles. The fraction of sp³-hybridized carbons (Fsp3) is 0.389. The molecule has 1 aliphatic heterocycles. The van der Waals surface area contributed by atoms with E-state index in [1.54, 1.807) is 0 Å². The number of fused-ring (bicyclic) bond motifs is 1. The van der Waals surface area contributed by atoms with Crippen LogP contribution in [0.1, 0.15) is 19.3 Å². The number of alkyl halides is 2. The number of benzene rings is 1. The summed E-state index contributed by atoms with van der Waals surface area (Å²) < 4.78 is 28.4. The van der Waals surface area contributed by atoms with E-state index in [0.717, 1.165) is 0 Å². The SMILES string of the molecule is O=C(CCN1C(=O)[C@@H]2CC=CC[C@H]2C1=O)Nc1ccc(OC(F)F)cc1. The standard InChI is InChI=1S/C18H18F2N2O4/c19-18(20)26-12-7-5-11(6-8-12)21-15(23)9-10-22-16(24)13-3-1-2-4-14(13)17(22)25/h1-2,5-8,13-14,18H,3-4,9-10H2,(H,21,23)/t13-,14-/m1/s1. The Labute approximate surface area is 148 Å². The number of halogens is 2. The summed E-state index contributed by atoms with van der Waals surface area (Å²) >= 11 is 0. The highest BCUT2D eigenvalue weighted by Gasteiger charge is 2.46. The first-order valence-electron chi connectivity index (χ1n) is 8.30. The van der Waals surface area contributed by atoms with Crippen molar-refractivity contribution < 1.29 is 27.9 Å². The fourth-order valence-corrected chi connectivity index (χ4v) is 3.25. The number of carbonyl (C=O) groups excluding carboxylic acids is 3. The Hall–Kier alpha value is -2.77. The molecule has 1 saturated heterocycles. The Kier molecular flexibility index (Phi) is 5.29. The van der Waals surface area contributed by atoms with Crippen LogP contribution in [0.4, 0.5) is 14.5 Å². The second-order valence-electron chi connectivity index (χ2n) is 6.18. The van der Waals surface area contributed by atoms with E-state index >= 15 is 0 Å². The van der Waals surface area contributed by atoms with Gasteiger partial charge < -0.3 is 10.1 Å². The number of hydrogen-bond acceptors (Lipinski definition) is 4. The van der Waals surface area contributed by atoms with Crippen molar-refractivity contribution in [3.05, 3.63) is 36.4 Å². The number of allylic oxidation sites excluding steroid dienone is 2. The van der Waals surface area contributed by atoms with E-state index in [-0.39, 0.29) is 48.3 Å². The minimum atomic E-state index is -2.91. The van der Waals surface area contributed by atoms with Crippen LogP contribution in [-0.2, 0) is 14.4 Å². The maximum Gasteiger partial charge on any atom is 0.387 e. The summed E-state index contributed by atoms with van der Waals surface area (Å²) in [6.07, 6.45) is 4.91. The van der Waals surface area contributed by atoms with E-state index in [4.69, 9.17) is 0 Å². The second kappa shape index (κ2) is 7.63. The van der Waals surface area contributed by atoms with E-state index in [1.165, 1.54) is 29.2 Å². The molecule has 1 heterocycles. The zero-order valence-corrected chi connectivity index (χ0v) is 13.9. The van der Waals surface area contributed by atoms with E-state index in [9.17, 15) is 23.2 Å². The molecule has 1 aliphatic carbocycles. The molecule has 2 atom stereocenters. The van der Waals surface area contributed by atoms with Crippen molar-refractivity contribution in [3.63, 3.8) is 0 Å². The lowest BCUT2D eigenvalue weighted by atomic mass is 9.85. The van der Waals surface area contributed by atoms with Crippen LogP contribution in [0, 0.1) is 11.8 Å². The monoisotopic (exact) mass is 364 g/mol. The van der Waals surface area contributed by atoms with Crippen molar-refractivity contribution >= 4 is 23.4 Å². The van der Waals surface area contributed by atoms with Gasteiger partial charge in [-0.15, -0.1) is 0 Å². The summed E-state index contributed by atoms with van der Waals surface area (Å²) in [5.41, 5.74) is 0.411. The van der Waals surface area contributed by atoms with Gasteiger partial charge in [-0.2, -0.15) is 8.78 Å². The van der Waals surface area contributed by atoms with Gasteiger partial charge in [-0.1, -0.05) is 12.2 Å². The molecular weight excluding hydrogens is 346 g/mol. The molecule has 0 unspecified atom stereocenters. The van der Waals surface area contributed by atoms with Gasteiger partial charge in [0.25, 0.3) is 0 Å². The topological polar surface area (TPSA) is 75.7 Å². The average molecular weight is 364 g/mol. The van der Waals surface area contributed by atoms with Gasteiger partial charge in [-0.25, -0.2) is 0 Å². The molecule has 8 heteroatoms. The highest BCUT2D eigenvalue weighted by atomic mass is 19.3. The number of carbonyl (C=O) groups is 3. The lowest BCUT2D eigenvalue weighted by Gasteiger charge is -2.14. The van der Waals surface area contributed by atoms with Crippen molar-refractivity contribution in [1.29, 1.82) is 0 Å². The molecule has 3 amide bonds. The first kappa shape index (κ1) is 18.0. The van der Waals surface area contributed by atoms with Crippen LogP contribution in [-0.4, -0.2) is 35.8 Å². The number of nitrogens with one attached hydrogen (secondary N) is 1. The third-order valence-electron chi connectivity index (χ3n) is 4.52. The van der Waals surface area contributed by atoms with Crippen LogP contribution in [0.25, 0.3) is 0 Å². The lowest BCUT2D eigenvalue weighted by Crippen LogP contribution is -2.34. The zero-order valence-electron chi connectivity index (χ0n) is 13.9. The van der Waals surface area contributed by atoms with E-state index in [1.807, 2.05) is 12.2 Å². The maximum absolute atomic E-state index is 12.3. The molecule has 1 aromatic carbocycles. The van der Waals surface area contributed by atoms with Gasteiger partial charge in [-0.3, -0.25) is 19.3 Å². The number of hydrogen-bond donors (Lipinski definition) is 1. The number of amides is 3. The Morgan fingerprint density at radius 3 is 2.23 bits per heavy atom. The van der Waals surface area contributed by atoms with E-state index < -0.39 is 6.61 Å². The summed E-state index contributed by atoms with van der Waals surface area (Å²) in [5, 5.41) is 2.60. The number of nitrogens with zero attached hydrogens (tertiary/aromatic N) is 1. The van der Waals surface area contributed by atoms with Crippen molar-refractivity contribution in [2.75, 3.05) is 11.9 Å². The Bertz CT molecular complexity index is 707. The van der Waals surface area contributed by atoms with Crippen molar-refractivity contribution in [3.8, 4) is 5.75 Å². The first-order chi connectivity index (χ1) is 12.5. The summed E-state index contributed by atoms with van der Waals surface area (Å²) in [7, 11) is 0. The summed E-state index contributed by atoms with van der Waals surface area (Å²) in [5.74, 6) is -1.43. The van der Waals surface area contributed by atoms with Crippen LogP contribution in [0.3, 0.4) is 0 Å².